The molecule has 2 aromatic carbocycles. The Kier molecular flexibility index (Phi) is 4.10. The second kappa shape index (κ2) is 5.59. The normalized spacial score (nSPS) is 10.4. The van der Waals surface area contributed by atoms with Gasteiger partial charge in [0.2, 0.25) is 0 Å². The minimum absolute atomic E-state index is 0.177. The van der Waals surface area contributed by atoms with E-state index in [9.17, 15) is 4.39 Å². The van der Waals surface area contributed by atoms with E-state index in [0.29, 0.717) is 22.1 Å². The first-order valence-corrected chi connectivity index (χ1v) is 6.30. The van der Waals surface area contributed by atoms with Crippen LogP contribution in [-0.2, 0) is 5.88 Å². The third-order valence-electron chi connectivity index (χ3n) is 2.47. The van der Waals surface area contributed by atoms with Crippen molar-refractivity contribution in [3.05, 3.63) is 58.4 Å². The Hall–Kier alpha value is -1.25. The maximum absolute atomic E-state index is 13.1. The molecular formula is C14H11Cl2FO. The van der Waals surface area contributed by atoms with Crippen LogP contribution in [0.4, 0.5) is 4.39 Å². The van der Waals surface area contributed by atoms with E-state index in [2.05, 4.69) is 0 Å². The van der Waals surface area contributed by atoms with Gasteiger partial charge in [0.05, 0.1) is 10.9 Å². The average molecular weight is 285 g/mol. The highest BCUT2D eigenvalue weighted by atomic mass is 35.5. The van der Waals surface area contributed by atoms with Gasteiger partial charge in [-0.05, 0) is 42.8 Å². The third-order valence-corrected chi connectivity index (χ3v) is 3.06. The van der Waals surface area contributed by atoms with Gasteiger partial charge in [-0.3, -0.25) is 0 Å². The van der Waals surface area contributed by atoms with E-state index < -0.39 is 0 Å². The van der Waals surface area contributed by atoms with E-state index in [1.807, 2.05) is 13.0 Å². The molecule has 0 N–H and O–H groups in total. The van der Waals surface area contributed by atoms with Gasteiger partial charge in [-0.25, -0.2) is 4.39 Å². The maximum atomic E-state index is 13.1. The SMILES string of the molecule is Cc1ccc(Oc2ccc(F)cc2CCl)c(Cl)c1. The number of hydrogen-bond acceptors (Lipinski definition) is 1. The molecule has 0 fully saturated rings. The van der Waals surface area contributed by atoms with Crippen LogP contribution in [0.2, 0.25) is 5.02 Å². The molecule has 0 saturated heterocycles. The Bertz CT molecular complexity index is 570. The van der Waals surface area contributed by atoms with Gasteiger partial charge in [-0.15, -0.1) is 11.6 Å². The van der Waals surface area contributed by atoms with Gasteiger partial charge in [0.1, 0.15) is 17.3 Å². The molecule has 0 aliphatic heterocycles. The second-order valence-electron chi connectivity index (χ2n) is 3.92. The standard InChI is InChI=1S/C14H11Cl2FO/c1-9-2-4-14(12(16)6-9)18-13-5-3-11(17)7-10(13)8-15/h2-7H,8H2,1H3. The summed E-state index contributed by atoms with van der Waals surface area (Å²) in [6.07, 6.45) is 0. The van der Waals surface area contributed by atoms with Crippen LogP contribution in [0.25, 0.3) is 0 Å². The zero-order chi connectivity index (χ0) is 13.1. The number of alkyl halides is 1. The molecule has 2 rings (SSSR count). The number of halogens is 3. The minimum Gasteiger partial charge on any atom is -0.455 e. The van der Waals surface area contributed by atoms with Crippen molar-refractivity contribution in [1.29, 1.82) is 0 Å². The fourth-order valence-corrected chi connectivity index (χ4v) is 2.04. The van der Waals surface area contributed by atoms with Crippen LogP contribution < -0.4 is 4.74 Å². The molecule has 0 amide bonds. The van der Waals surface area contributed by atoms with Crippen molar-refractivity contribution in [1.82, 2.24) is 0 Å². The lowest BCUT2D eigenvalue weighted by molar-refractivity contribution is 0.476. The molecule has 0 heterocycles. The average Bonchev–Trinajstić information content (AvgIpc) is 2.34. The molecule has 94 valence electrons. The Morgan fingerprint density at radius 2 is 1.83 bits per heavy atom. The van der Waals surface area contributed by atoms with Crippen molar-refractivity contribution in [2.24, 2.45) is 0 Å². The lowest BCUT2D eigenvalue weighted by atomic mass is 10.2. The van der Waals surface area contributed by atoms with E-state index in [-0.39, 0.29) is 11.7 Å². The molecular weight excluding hydrogens is 274 g/mol. The van der Waals surface area contributed by atoms with E-state index in [1.165, 1.54) is 12.1 Å². The Labute approximate surface area is 115 Å². The maximum Gasteiger partial charge on any atom is 0.146 e. The topological polar surface area (TPSA) is 9.23 Å². The number of benzene rings is 2. The highest BCUT2D eigenvalue weighted by molar-refractivity contribution is 6.32. The van der Waals surface area contributed by atoms with E-state index >= 15 is 0 Å². The van der Waals surface area contributed by atoms with Crippen LogP contribution in [-0.4, -0.2) is 0 Å². The van der Waals surface area contributed by atoms with Gasteiger partial charge in [-0.1, -0.05) is 17.7 Å². The van der Waals surface area contributed by atoms with Crippen LogP contribution in [0.5, 0.6) is 11.5 Å². The molecule has 0 aliphatic rings. The van der Waals surface area contributed by atoms with Gasteiger partial charge in [-0.2, -0.15) is 0 Å². The molecule has 0 saturated carbocycles. The predicted molar refractivity (Wildman–Crippen MR) is 72.2 cm³/mol. The number of aryl methyl sites for hydroxylation is 1. The molecule has 0 unspecified atom stereocenters. The van der Waals surface area contributed by atoms with Crippen LogP contribution in [0.3, 0.4) is 0 Å². The Morgan fingerprint density at radius 1 is 1.11 bits per heavy atom. The summed E-state index contributed by atoms with van der Waals surface area (Å²) in [6.45, 7) is 1.94. The van der Waals surface area contributed by atoms with E-state index in [0.717, 1.165) is 5.56 Å². The van der Waals surface area contributed by atoms with Crippen molar-refractivity contribution in [2.75, 3.05) is 0 Å². The summed E-state index contributed by atoms with van der Waals surface area (Å²) in [7, 11) is 0. The summed E-state index contributed by atoms with van der Waals surface area (Å²) in [6, 6.07) is 9.70. The third kappa shape index (κ3) is 2.95. The van der Waals surface area contributed by atoms with Crippen LogP contribution in [0.1, 0.15) is 11.1 Å². The lowest BCUT2D eigenvalue weighted by Gasteiger charge is -2.11. The summed E-state index contributed by atoms with van der Waals surface area (Å²) in [5.41, 5.74) is 1.64. The monoisotopic (exact) mass is 284 g/mol. The first-order valence-electron chi connectivity index (χ1n) is 5.38. The largest absolute Gasteiger partial charge is 0.455 e. The van der Waals surface area contributed by atoms with Gasteiger partial charge in [0.25, 0.3) is 0 Å². The summed E-state index contributed by atoms with van der Waals surface area (Å²) in [5.74, 6) is 0.877. The van der Waals surface area contributed by atoms with E-state index in [4.69, 9.17) is 27.9 Å². The van der Waals surface area contributed by atoms with Crippen molar-refractivity contribution in [3.63, 3.8) is 0 Å². The van der Waals surface area contributed by atoms with Crippen LogP contribution in [0, 0.1) is 12.7 Å². The summed E-state index contributed by atoms with van der Waals surface area (Å²) >= 11 is 11.8. The summed E-state index contributed by atoms with van der Waals surface area (Å²) in [5, 5.41) is 0.514. The molecule has 0 spiro atoms. The second-order valence-corrected chi connectivity index (χ2v) is 4.60. The highest BCUT2D eigenvalue weighted by Crippen LogP contribution is 2.32. The van der Waals surface area contributed by atoms with Crippen LogP contribution in [0.15, 0.2) is 36.4 Å². The zero-order valence-electron chi connectivity index (χ0n) is 9.71. The Balaban J connectivity index is 2.33. The molecule has 0 radical (unpaired) electrons. The Morgan fingerprint density at radius 3 is 2.50 bits per heavy atom. The molecule has 0 aliphatic carbocycles. The predicted octanol–water partition coefficient (Wildman–Crippen LogP) is 5.32. The first kappa shape index (κ1) is 13.2. The molecule has 0 atom stereocenters. The van der Waals surface area contributed by atoms with Crippen molar-refractivity contribution >= 4 is 23.2 Å². The fourth-order valence-electron chi connectivity index (χ4n) is 1.56. The highest BCUT2D eigenvalue weighted by Gasteiger charge is 2.08. The molecule has 18 heavy (non-hydrogen) atoms. The fraction of sp³-hybridized carbons (Fsp3) is 0.143. The summed E-state index contributed by atoms with van der Waals surface area (Å²) in [4.78, 5) is 0. The summed E-state index contributed by atoms with van der Waals surface area (Å²) < 4.78 is 18.7. The van der Waals surface area contributed by atoms with Gasteiger partial charge in [0.15, 0.2) is 0 Å². The molecule has 0 aromatic heterocycles. The number of ether oxygens (including phenoxy) is 1. The first-order chi connectivity index (χ1) is 8.60. The molecule has 4 heteroatoms. The molecule has 1 nitrogen and oxygen atoms in total. The minimum atomic E-state index is -0.340. The van der Waals surface area contributed by atoms with Gasteiger partial charge < -0.3 is 4.74 Å². The molecule has 2 aromatic rings. The van der Waals surface area contributed by atoms with Crippen molar-refractivity contribution in [2.45, 2.75) is 12.8 Å². The lowest BCUT2D eigenvalue weighted by Crippen LogP contribution is -1.91. The van der Waals surface area contributed by atoms with Gasteiger partial charge in [0, 0.05) is 5.56 Å². The number of hydrogen-bond donors (Lipinski definition) is 0. The van der Waals surface area contributed by atoms with Crippen molar-refractivity contribution in [3.8, 4) is 11.5 Å². The zero-order valence-corrected chi connectivity index (χ0v) is 11.2. The quantitative estimate of drug-likeness (QED) is 0.693. The van der Waals surface area contributed by atoms with Gasteiger partial charge >= 0.3 is 0 Å². The van der Waals surface area contributed by atoms with Crippen molar-refractivity contribution < 1.29 is 9.13 Å². The van der Waals surface area contributed by atoms with Crippen LogP contribution >= 0.6 is 23.2 Å². The smallest absolute Gasteiger partial charge is 0.146 e. The molecule has 0 bridgehead atoms. The number of rotatable bonds is 3. The van der Waals surface area contributed by atoms with E-state index in [1.54, 1.807) is 18.2 Å².